The van der Waals surface area contributed by atoms with E-state index in [1.165, 1.54) is 24.7 Å². The average Bonchev–Trinajstić information content (AvgIpc) is 3.01. The first-order valence-electron chi connectivity index (χ1n) is 6.97. The van der Waals surface area contributed by atoms with E-state index in [-0.39, 0.29) is 18.6 Å². The maximum absolute atomic E-state index is 12.1. The number of H-pyrrole nitrogens is 1. The maximum Gasteiger partial charge on any atom is 0.326 e. The quantitative estimate of drug-likeness (QED) is 0.578. The lowest BCUT2D eigenvalue weighted by atomic mass is 10.0. The van der Waals surface area contributed by atoms with Crippen molar-refractivity contribution in [1.82, 2.24) is 15.3 Å². The minimum atomic E-state index is -1.16. The Bertz CT molecular complexity index is 655. The molecule has 0 unspecified atom stereocenters. The zero-order valence-corrected chi connectivity index (χ0v) is 12.2. The Morgan fingerprint density at radius 2 is 1.96 bits per heavy atom. The average molecular weight is 317 g/mol. The summed E-state index contributed by atoms with van der Waals surface area (Å²) in [5.74, 6) is -1.85. The van der Waals surface area contributed by atoms with Crippen molar-refractivity contribution in [3.05, 3.63) is 48.0 Å². The molecular formula is C15H17N4O4. The SMILES string of the molecule is N[C@@H](Cc1ccc([O])cc1)C(=O)N[C@@H](Cc1cnc[nH]1)C(=O)O. The summed E-state index contributed by atoms with van der Waals surface area (Å²) in [5, 5.41) is 22.6. The maximum atomic E-state index is 12.1. The molecule has 1 aromatic heterocycles. The number of aromatic amines is 1. The number of nitrogens with two attached hydrogens (primary N) is 1. The molecule has 0 fully saturated rings. The molecular weight excluding hydrogens is 300 g/mol. The molecule has 0 bridgehead atoms. The summed E-state index contributed by atoms with van der Waals surface area (Å²) in [6.07, 6.45) is 3.22. The van der Waals surface area contributed by atoms with Crippen LogP contribution in [0.25, 0.3) is 0 Å². The monoisotopic (exact) mass is 317 g/mol. The second-order valence-corrected chi connectivity index (χ2v) is 5.13. The third-order valence-corrected chi connectivity index (χ3v) is 3.31. The summed E-state index contributed by atoms with van der Waals surface area (Å²) < 4.78 is 0. The van der Waals surface area contributed by atoms with Crippen molar-refractivity contribution >= 4 is 11.9 Å². The van der Waals surface area contributed by atoms with Crippen LogP contribution in [0.3, 0.4) is 0 Å². The Balaban J connectivity index is 1.94. The molecule has 2 atom stereocenters. The zero-order chi connectivity index (χ0) is 16.8. The van der Waals surface area contributed by atoms with Crippen LogP contribution in [0.15, 0.2) is 36.8 Å². The number of rotatable bonds is 7. The Labute approximate surface area is 132 Å². The minimum absolute atomic E-state index is 0.0820. The molecule has 23 heavy (non-hydrogen) atoms. The number of benzene rings is 1. The number of aromatic nitrogens is 2. The van der Waals surface area contributed by atoms with Gasteiger partial charge in [-0.3, -0.25) is 9.90 Å². The number of amides is 1. The van der Waals surface area contributed by atoms with Crippen LogP contribution in [-0.2, 0) is 27.5 Å². The molecule has 0 aliphatic heterocycles. The Kier molecular flexibility index (Phi) is 5.32. The number of carboxylic acid groups (broad SMARTS) is 1. The lowest BCUT2D eigenvalue weighted by Crippen LogP contribution is -2.50. The highest BCUT2D eigenvalue weighted by Gasteiger charge is 2.24. The van der Waals surface area contributed by atoms with Gasteiger partial charge >= 0.3 is 5.97 Å². The molecule has 0 spiro atoms. The fourth-order valence-electron chi connectivity index (χ4n) is 2.07. The Morgan fingerprint density at radius 3 is 2.52 bits per heavy atom. The third-order valence-electron chi connectivity index (χ3n) is 3.31. The Morgan fingerprint density at radius 1 is 1.26 bits per heavy atom. The van der Waals surface area contributed by atoms with Crippen molar-refractivity contribution in [3.63, 3.8) is 0 Å². The number of nitrogens with one attached hydrogen (secondary N) is 2. The highest BCUT2D eigenvalue weighted by molar-refractivity contribution is 5.87. The molecule has 1 radical (unpaired) electrons. The number of hydrogen-bond donors (Lipinski definition) is 4. The van der Waals surface area contributed by atoms with Crippen molar-refractivity contribution in [1.29, 1.82) is 0 Å². The van der Waals surface area contributed by atoms with E-state index < -0.39 is 24.0 Å². The van der Waals surface area contributed by atoms with Crippen LogP contribution >= 0.6 is 0 Å². The smallest absolute Gasteiger partial charge is 0.326 e. The topological polar surface area (TPSA) is 141 Å². The van der Waals surface area contributed by atoms with Crippen LogP contribution < -0.4 is 11.1 Å². The van der Waals surface area contributed by atoms with E-state index in [2.05, 4.69) is 15.3 Å². The molecule has 8 heteroatoms. The fraction of sp³-hybridized carbons (Fsp3) is 0.267. The van der Waals surface area contributed by atoms with Crippen LogP contribution in [0.1, 0.15) is 11.3 Å². The molecule has 0 saturated carbocycles. The van der Waals surface area contributed by atoms with Gasteiger partial charge < -0.3 is 21.1 Å². The molecule has 0 saturated heterocycles. The van der Waals surface area contributed by atoms with Crippen molar-refractivity contribution in [2.75, 3.05) is 0 Å². The second-order valence-electron chi connectivity index (χ2n) is 5.13. The van der Waals surface area contributed by atoms with Gasteiger partial charge in [0.2, 0.25) is 5.91 Å². The first-order valence-corrected chi connectivity index (χ1v) is 6.97. The standard InChI is InChI=1S/C15H17N4O4/c16-12(5-9-1-3-11(20)4-2-9)14(21)19-13(15(22)23)6-10-7-17-8-18-10/h1-4,7-8,12-13H,5-6,16H2,(H,17,18)(H,19,21)(H,22,23)/t12-,13-/m0/s1. The van der Waals surface area contributed by atoms with Crippen LogP contribution in [0.5, 0.6) is 5.75 Å². The number of hydrogen-bond acceptors (Lipinski definition) is 4. The number of aliphatic carboxylic acids is 1. The van der Waals surface area contributed by atoms with Crippen molar-refractivity contribution in [2.45, 2.75) is 24.9 Å². The number of carbonyl (C=O) groups is 2. The van der Waals surface area contributed by atoms with Gasteiger partial charge in [-0.05, 0) is 24.1 Å². The first kappa shape index (κ1) is 16.5. The van der Waals surface area contributed by atoms with E-state index in [9.17, 15) is 19.8 Å². The van der Waals surface area contributed by atoms with Gasteiger partial charge in [0.1, 0.15) is 6.04 Å². The van der Waals surface area contributed by atoms with Crippen LogP contribution in [-0.4, -0.2) is 39.0 Å². The van der Waals surface area contributed by atoms with E-state index in [0.29, 0.717) is 5.69 Å². The largest absolute Gasteiger partial charge is 0.480 e. The predicted molar refractivity (Wildman–Crippen MR) is 80.1 cm³/mol. The number of nitrogens with zero attached hydrogens (tertiary/aromatic N) is 1. The van der Waals surface area contributed by atoms with Crippen LogP contribution in [0.4, 0.5) is 0 Å². The van der Waals surface area contributed by atoms with Crippen molar-refractivity contribution < 1.29 is 19.8 Å². The van der Waals surface area contributed by atoms with Crippen LogP contribution in [0.2, 0.25) is 0 Å². The summed E-state index contributed by atoms with van der Waals surface area (Å²) in [6, 6.07) is 3.95. The minimum Gasteiger partial charge on any atom is -0.480 e. The van der Waals surface area contributed by atoms with Gasteiger partial charge in [0.25, 0.3) is 0 Å². The second kappa shape index (κ2) is 7.41. The van der Waals surface area contributed by atoms with Gasteiger partial charge in [0, 0.05) is 18.3 Å². The predicted octanol–water partition coefficient (Wildman–Crippen LogP) is 0.235. The molecule has 1 aromatic carbocycles. The van der Waals surface area contributed by atoms with Gasteiger partial charge in [-0.25, -0.2) is 9.78 Å². The van der Waals surface area contributed by atoms with Gasteiger partial charge in [-0.2, -0.15) is 0 Å². The van der Waals surface area contributed by atoms with E-state index in [1.54, 1.807) is 12.1 Å². The highest BCUT2D eigenvalue weighted by Crippen LogP contribution is 2.11. The molecule has 2 rings (SSSR count). The molecule has 8 nitrogen and oxygen atoms in total. The molecule has 2 aromatic rings. The lowest BCUT2D eigenvalue weighted by molar-refractivity contribution is -0.142. The number of carboxylic acids is 1. The van der Waals surface area contributed by atoms with Crippen LogP contribution in [0, 0.1) is 0 Å². The third kappa shape index (κ3) is 4.82. The summed E-state index contributed by atoms with van der Waals surface area (Å²) in [4.78, 5) is 29.9. The first-order chi connectivity index (χ1) is 11.0. The number of carbonyl (C=O) groups excluding carboxylic acids is 1. The normalized spacial score (nSPS) is 13.3. The fourth-order valence-corrected chi connectivity index (χ4v) is 2.07. The van der Waals surface area contributed by atoms with Crippen molar-refractivity contribution in [2.24, 2.45) is 5.73 Å². The summed E-state index contributed by atoms with van der Waals surface area (Å²) >= 11 is 0. The number of imidazole rings is 1. The zero-order valence-electron chi connectivity index (χ0n) is 12.2. The van der Waals surface area contributed by atoms with Gasteiger partial charge in [-0.1, -0.05) is 12.1 Å². The summed E-state index contributed by atoms with van der Waals surface area (Å²) in [7, 11) is 0. The summed E-state index contributed by atoms with van der Waals surface area (Å²) in [6.45, 7) is 0. The van der Waals surface area contributed by atoms with E-state index in [1.807, 2.05) is 0 Å². The summed E-state index contributed by atoms with van der Waals surface area (Å²) in [5.41, 5.74) is 7.13. The molecule has 5 N–H and O–H groups in total. The molecule has 1 heterocycles. The van der Waals surface area contributed by atoms with E-state index in [0.717, 1.165) is 5.56 Å². The lowest BCUT2D eigenvalue weighted by Gasteiger charge is -2.17. The molecule has 0 aliphatic carbocycles. The van der Waals surface area contributed by atoms with E-state index >= 15 is 0 Å². The van der Waals surface area contributed by atoms with Gasteiger partial charge in [-0.15, -0.1) is 0 Å². The van der Waals surface area contributed by atoms with Gasteiger partial charge in [0.05, 0.1) is 12.4 Å². The van der Waals surface area contributed by atoms with Gasteiger partial charge in [0.15, 0.2) is 5.75 Å². The van der Waals surface area contributed by atoms with Crippen molar-refractivity contribution in [3.8, 4) is 5.75 Å². The molecule has 1 amide bonds. The molecule has 0 aliphatic rings. The highest BCUT2D eigenvalue weighted by atomic mass is 16.4. The Hall–Kier alpha value is -2.87. The van der Waals surface area contributed by atoms with E-state index in [4.69, 9.17) is 5.73 Å². The molecule has 121 valence electrons.